The Hall–Kier alpha value is -2.57. The SMILES string of the molecule is O=C(COc1ccc2c(c1)CC(NC[C@H](O)COc1ccccc1)CCC2)NC1CCCCC1. The maximum atomic E-state index is 12.3. The van der Waals surface area contributed by atoms with Crippen LogP contribution in [0.1, 0.15) is 56.1 Å². The van der Waals surface area contributed by atoms with Crippen molar-refractivity contribution in [3.8, 4) is 11.5 Å². The number of carbonyl (C=O) groups is 1. The van der Waals surface area contributed by atoms with E-state index in [1.165, 1.54) is 30.4 Å². The fourth-order valence-electron chi connectivity index (χ4n) is 4.94. The number of carbonyl (C=O) groups excluding carboxylic acids is 1. The number of ether oxygens (including phenoxy) is 2. The normalized spacial score (nSPS) is 19.5. The lowest BCUT2D eigenvalue weighted by molar-refractivity contribution is -0.124. The van der Waals surface area contributed by atoms with Gasteiger partial charge in [-0.2, -0.15) is 0 Å². The Morgan fingerprint density at radius 1 is 0.912 bits per heavy atom. The minimum atomic E-state index is -0.569. The molecule has 1 unspecified atom stereocenters. The van der Waals surface area contributed by atoms with E-state index in [1.807, 2.05) is 36.4 Å². The number of benzene rings is 2. The van der Waals surface area contributed by atoms with Crippen molar-refractivity contribution in [1.29, 1.82) is 0 Å². The van der Waals surface area contributed by atoms with Crippen molar-refractivity contribution in [3.63, 3.8) is 0 Å². The molecule has 2 aliphatic carbocycles. The summed E-state index contributed by atoms with van der Waals surface area (Å²) < 4.78 is 11.5. The molecule has 2 aromatic rings. The number of rotatable bonds is 10. The van der Waals surface area contributed by atoms with Crippen LogP contribution in [0.3, 0.4) is 0 Å². The second-order valence-electron chi connectivity index (χ2n) is 9.60. The monoisotopic (exact) mass is 466 g/mol. The van der Waals surface area contributed by atoms with Crippen molar-refractivity contribution in [2.24, 2.45) is 0 Å². The highest BCUT2D eigenvalue weighted by Gasteiger charge is 2.19. The number of hydrogen-bond acceptors (Lipinski definition) is 5. The topological polar surface area (TPSA) is 79.8 Å². The number of hydrogen-bond donors (Lipinski definition) is 3. The molecular weight excluding hydrogens is 428 g/mol. The average molecular weight is 467 g/mol. The molecule has 0 radical (unpaired) electrons. The highest BCUT2D eigenvalue weighted by molar-refractivity contribution is 5.77. The molecule has 0 aliphatic heterocycles. The average Bonchev–Trinajstić information content (AvgIpc) is 3.07. The Labute approximate surface area is 203 Å². The lowest BCUT2D eigenvalue weighted by Gasteiger charge is -2.22. The Kier molecular flexibility index (Phi) is 9.22. The predicted octanol–water partition coefficient (Wildman–Crippen LogP) is 3.79. The van der Waals surface area contributed by atoms with E-state index in [1.54, 1.807) is 0 Å². The summed E-state index contributed by atoms with van der Waals surface area (Å²) in [6.45, 7) is 0.816. The smallest absolute Gasteiger partial charge is 0.258 e. The minimum absolute atomic E-state index is 0.0342. The maximum absolute atomic E-state index is 12.3. The van der Waals surface area contributed by atoms with E-state index in [0.717, 1.165) is 50.0 Å². The minimum Gasteiger partial charge on any atom is -0.491 e. The van der Waals surface area contributed by atoms with Crippen LogP contribution in [-0.2, 0) is 17.6 Å². The van der Waals surface area contributed by atoms with E-state index in [-0.39, 0.29) is 25.2 Å². The lowest BCUT2D eigenvalue weighted by Crippen LogP contribution is -2.39. The van der Waals surface area contributed by atoms with Gasteiger partial charge in [0.15, 0.2) is 6.61 Å². The van der Waals surface area contributed by atoms with Crippen LogP contribution < -0.4 is 20.1 Å². The molecule has 0 aromatic heterocycles. The molecule has 0 bridgehead atoms. The van der Waals surface area contributed by atoms with Gasteiger partial charge in [0, 0.05) is 18.6 Å². The summed E-state index contributed by atoms with van der Waals surface area (Å²) in [5, 5.41) is 17.0. The van der Waals surface area contributed by atoms with E-state index in [0.29, 0.717) is 12.6 Å². The van der Waals surface area contributed by atoms with Gasteiger partial charge in [-0.05, 0) is 73.9 Å². The summed E-state index contributed by atoms with van der Waals surface area (Å²) in [7, 11) is 0. The molecule has 0 saturated heterocycles. The fourth-order valence-corrected chi connectivity index (χ4v) is 4.94. The summed E-state index contributed by atoms with van der Waals surface area (Å²) in [4.78, 5) is 12.3. The van der Waals surface area contributed by atoms with Gasteiger partial charge in [-0.3, -0.25) is 4.79 Å². The molecule has 1 saturated carbocycles. The van der Waals surface area contributed by atoms with Gasteiger partial charge in [-0.1, -0.05) is 43.5 Å². The number of amides is 1. The molecule has 2 atom stereocenters. The molecule has 6 nitrogen and oxygen atoms in total. The highest BCUT2D eigenvalue weighted by atomic mass is 16.5. The molecule has 184 valence electrons. The van der Waals surface area contributed by atoms with Crippen molar-refractivity contribution in [3.05, 3.63) is 59.7 Å². The Bertz CT molecular complexity index is 899. The van der Waals surface area contributed by atoms with Crippen molar-refractivity contribution in [1.82, 2.24) is 10.6 Å². The number of aliphatic hydroxyl groups excluding tert-OH is 1. The summed E-state index contributed by atoms with van der Waals surface area (Å²) in [5.41, 5.74) is 2.60. The first-order chi connectivity index (χ1) is 16.7. The van der Waals surface area contributed by atoms with Crippen molar-refractivity contribution < 1.29 is 19.4 Å². The highest BCUT2D eigenvalue weighted by Crippen LogP contribution is 2.25. The standard InChI is InChI=1S/C28H38N2O4/c31-25(19-33-26-12-5-2-6-13-26)18-29-24-11-7-8-21-14-15-27(17-22(21)16-24)34-20-28(32)30-23-9-3-1-4-10-23/h2,5-6,12-15,17,23-25,29,31H,1,3-4,7-11,16,18-20H2,(H,30,32)/t24?,25-/m0/s1. The lowest BCUT2D eigenvalue weighted by atomic mass is 9.95. The molecule has 6 heteroatoms. The molecule has 3 N–H and O–H groups in total. The largest absolute Gasteiger partial charge is 0.491 e. The predicted molar refractivity (Wildman–Crippen MR) is 133 cm³/mol. The van der Waals surface area contributed by atoms with Crippen LogP contribution >= 0.6 is 0 Å². The van der Waals surface area contributed by atoms with Crippen LogP contribution in [0, 0.1) is 0 Å². The van der Waals surface area contributed by atoms with Gasteiger partial charge in [0.05, 0.1) is 0 Å². The van der Waals surface area contributed by atoms with Crippen LogP contribution in [-0.4, -0.2) is 49.0 Å². The third-order valence-corrected chi connectivity index (χ3v) is 6.81. The molecule has 4 rings (SSSR count). The Morgan fingerprint density at radius 3 is 2.53 bits per heavy atom. The van der Waals surface area contributed by atoms with E-state index in [9.17, 15) is 9.90 Å². The molecule has 2 aromatic carbocycles. The molecular formula is C28H38N2O4. The molecule has 2 aliphatic rings. The molecule has 1 fully saturated rings. The Morgan fingerprint density at radius 2 is 1.71 bits per heavy atom. The summed E-state index contributed by atoms with van der Waals surface area (Å²) in [6, 6.07) is 16.3. The summed E-state index contributed by atoms with van der Waals surface area (Å²) >= 11 is 0. The van der Waals surface area contributed by atoms with Crippen molar-refractivity contribution in [2.75, 3.05) is 19.8 Å². The van der Waals surface area contributed by atoms with Gasteiger partial charge < -0.3 is 25.2 Å². The zero-order chi connectivity index (χ0) is 23.6. The van der Waals surface area contributed by atoms with Crippen LogP contribution in [0.4, 0.5) is 0 Å². The van der Waals surface area contributed by atoms with Crippen LogP contribution in [0.5, 0.6) is 11.5 Å². The number of aryl methyl sites for hydroxylation is 1. The zero-order valence-electron chi connectivity index (χ0n) is 20.0. The zero-order valence-corrected chi connectivity index (χ0v) is 20.0. The summed E-state index contributed by atoms with van der Waals surface area (Å²) in [6.07, 6.45) is 9.33. The van der Waals surface area contributed by atoms with Crippen LogP contribution in [0.25, 0.3) is 0 Å². The number of fused-ring (bicyclic) bond motifs is 1. The number of nitrogens with one attached hydrogen (secondary N) is 2. The quantitative estimate of drug-likeness (QED) is 0.464. The first-order valence-corrected chi connectivity index (χ1v) is 12.8. The van der Waals surface area contributed by atoms with Gasteiger partial charge in [0.2, 0.25) is 0 Å². The van der Waals surface area contributed by atoms with Crippen molar-refractivity contribution >= 4 is 5.91 Å². The first kappa shape index (κ1) is 24.6. The fraction of sp³-hybridized carbons (Fsp3) is 0.536. The molecule has 34 heavy (non-hydrogen) atoms. The third-order valence-electron chi connectivity index (χ3n) is 6.81. The van der Waals surface area contributed by atoms with E-state index in [2.05, 4.69) is 22.8 Å². The maximum Gasteiger partial charge on any atom is 0.258 e. The second-order valence-corrected chi connectivity index (χ2v) is 9.60. The van der Waals surface area contributed by atoms with E-state index in [4.69, 9.17) is 9.47 Å². The Balaban J connectivity index is 1.23. The van der Waals surface area contributed by atoms with Gasteiger partial charge in [-0.15, -0.1) is 0 Å². The van der Waals surface area contributed by atoms with E-state index >= 15 is 0 Å². The number of para-hydroxylation sites is 1. The molecule has 0 heterocycles. The van der Waals surface area contributed by atoms with E-state index < -0.39 is 6.10 Å². The van der Waals surface area contributed by atoms with Gasteiger partial charge in [0.25, 0.3) is 5.91 Å². The molecule has 1 amide bonds. The third kappa shape index (κ3) is 7.74. The van der Waals surface area contributed by atoms with Gasteiger partial charge in [0.1, 0.15) is 24.2 Å². The van der Waals surface area contributed by atoms with Crippen molar-refractivity contribution in [2.45, 2.75) is 76.0 Å². The van der Waals surface area contributed by atoms with Crippen LogP contribution in [0.15, 0.2) is 48.5 Å². The van der Waals surface area contributed by atoms with Gasteiger partial charge in [-0.25, -0.2) is 0 Å². The number of aliphatic hydroxyl groups is 1. The second kappa shape index (κ2) is 12.8. The first-order valence-electron chi connectivity index (χ1n) is 12.8. The molecule has 0 spiro atoms. The van der Waals surface area contributed by atoms with Crippen LogP contribution in [0.2, 0.25) is 0 Å². The van der Waals surface area contributed by atoms with Gasteiger partial charge >= 0.3 is 0 Å². The summed E-state index contributed by atoms with van der Waals surface area (Å²) in [5.74, 6) is 1.48.